The molecule has 0 saturated carbocycles. The smallest absolute Gasteiger partial charge is 0.253 e. The molecular weight excluding hydrogens is 530 g/mol. The van der Waals surface area contributed by atoms with Crippen molar-refractivity contribution in [1.82, 2.24) is 35.0 Å². The van der Waals surface area contributed by atoms with Gasteiger partial charge in [0.15, 0.2) is 17.3 Å². The number of ether oxygens (including phenoxy) is 2. The van der Waals surface area contributed by atoms with Gasteiger partial charge < -0.3 is 14.5 Å². The predicted octanol–water partition coefficient (Wildman–Crippen LogP) is 3.82. The molecule has 0 radical (unpaired) electrons. The standard InChI is InChI=1S/C32H33N7O3/c1-21-14-22(2)29-25(15-21)17-26(32(40)33-29)30(31-34-35-36-39(31)19-23-6-4-3-5-7-23)38-12-10-37(11-13-38)18-24-8-9-27-28(16-24)42-20-41-27/h3-9,14-17,30H,10-13,18-20H2,1-2H3,(H,33,40)/t30-/m0/s1. The molecule has 10 heteroatoms. The lowest BCUT2D eigenvalue weighted by Gasteiger charge is -2.38. The van der Waals surface area contributed by atoms with E-state index in [1.165, 1.54) is 5.56 Å². The van der Waals surface area contributed by atoms with E-state index in [9.17, 15) is 4.79 Å². The van der Waals surface area contributed by atoms with Crippen LogP contribution >= 0.6 is 0 Å². The molecule has 4 heterocycles. The zero-order valence-corrected chi connectivity index (χ0v) is 23.8. The number of nitrogens with zero attached hydrogens (tertiary/aromatic N) is 6. The third-order valence-corrected chi connectivity index (χ3v) is 8.21. The lowest BCUT2D eigenvalue weighted by atomic mass is 10.00. The molecule has 2 aliphatic rings. The van der Waals surface area contributed by atoms with Crippen molar-refractivity contribution in [1.29, 1.82) is 0 Å². The fraction of sp³-hybridized carbons (Fsp3) is 0.312. The van der Waals surface area contributed by atoms with Crippen molar-refractivity contribution in [2.75, 3.05) is 33.0 Å². The number of nitrogens with one attached hydrogen (secondary N) is 1. The minimum Gasteiger partial charge on any atom is -0.454 e. The van der Waals surface area contributed by atoms with Crippen molar-refractivity contribution in [3.63, 3.8) is 0 Å². The van der Waals surface area contributed by atoms with Gasteiger partial charge in [-0.3, -0.25) is 14.6 Å². The van der Waals surface area contributed by atoms with E-state index in [-0.39, 0.29) is 12.4 Å². The summed E-state index contributed by atoms with van der Waals surface area (Å²) in [5.74, 6) is 2.26. The molecule has 0 unspecified atom stereocenters. The highest BCUT2D eigenvalue weighted by molar-refractivity contribution is 5.83. The van der Waals surface area contributed by atoms with E-state index in [1.54, 1.807) is 0 Å². The summed E-state index contributed by atoms with van der Waals surface area (Å²) in [6.07, 6.45) is 0. The molecular formula is C32H33N7O3. The summed E-state index contributed by atoms with van der Waals surface area (Å²) >= 11 is 0. The van der Waals surface area contributed by atoms with Crippen LogP contribution in [0.25, 0.3) is 10.9 Å². The van der Waals surface area contributed by atoms with Gasteiger partial charge in [-0.25, -0.2) is 4.68 Å². The number of aromatic nitrogens is 5. The lowest BCUT2D eigenvalue weighted by Crippen LogP contribution is -2.48. The van der Waals surface area contributed by atoms with E-state index in [2.05, 4.69) is 73.6 Å². The Morgan fingerprint density at radius 3 is 2.52 bits per heavy atom. The van der Waals surface area contributed by atoms with Gasteiger partial charge in [-0.1, -0.05) is 48.0 Å². The van der Waals surface area contributed by atoms with Crippen LogP contribution < -0.4 is 15.0 Å². The molecule has 7 rings (SSSR count). The molecule has 2 aromatic heterocycles. The molecule has 10 nitrogen and oxygen atoms in total. The van der Waals surface area contributed by atoms with Gasteiger partial charge in [0.1, 0.15) is 6.04 Å². The monoisotopic (exact) mass is 563 g/mol. The SMILES string of the molecule is Cc1cc(C)c2[nH]c(=O)c([C@@H](c3nnnn3Cc3ccccc3)N3CCN(Cc4ccc5c(c4)OCO5)CC3)cc2c1. The Labute approximate surface area is 243 Å². The number of hydrogen-bond donors (Lipinski definition) is 1. The number of piperazine rings is 1. The molecule has 0 amide bonds. The molecule has 42 heavy (non-hydrogen) atoms. The topological polar surface area (TPSA) is 101 Å². The van der Waals surface area contributed by atoms with Gasteiger partial charge in [-0.05, 0) is 70.6 Å². The normalized spacial score (nSPS) is 16.2. The average molecular weight is 564 g/mol. The number of aromatic amines is 1. The molecule has 0 bridgehead atoms. The van der Waals surface area contributed by atoms with Crippen molar-refractivity contribution in [3.8, 4) is 11.5 Å². The third kappa shape index (κ3) is 5.15. The number of H-pyrrole nitrogens is 1. The van der Waals surface area contributed by atoms with Crippen molar-refractivity contribution >= 4 is 10.9 Å². The molecule has 0 aliphatic carbocycles. The van der Waals surface area contributed by atoms with Gasteiger partial charge in [0, 0.05) is 38.3 Å². The second-order valence-electron chi connectivity index (χ2n) is 11.2. The molecule has 1 N–H and O–H groups in total. The summed E-state index contributed by atoms with van der Waals surface area (Å²) < 4.78 is 12.9. The zero-order valence-electron chi connectivity index (χ0n) is 23.8. The van der Waals surface area contributed by atoms with E-state index < -0.39 is 6.04 Å². The molecule has 1 fully saturated rings. The predicted molar refractivity (Wildman–Crippen MR) is 159 cm³/mol. The quantitative estimate of drug-likeness (QED) is 0.319. The number of rotatable bonds is 7. The van der Waals surface area contributed by atoms with Gasteiger partial charge in [-0.2, -0.15) is 0 Å². The first-order chi connectivity index (χ1) is 20.5. The van der Waals surface area contributed by atoms with Crippen LogP contribution in [0.4, 0.5) is 0 Å². The molecule has 1 saturated heterocycles. The summed E-state index contributed by atoms with van der Waals surface area (Å²) in [5.41, 5.74) is 5.89. The van der Waals surface area contributed by atoms with Crippen LogP contribution in [0.5, 0.6) is 11.5 Å². The van der Waals surface area contributed by atoms with Gasteiger partial charge in [0.25, 0.3) is 5.56 Å². The summed E-state index contributed by atoms with van der Waals surface area (Å²) in [5, 5.41) is 13.9. The van der Waals surface area contributed by atoms with Crippen LogP contribution in [-0.4, -0.2) is 68.0 Å². The fourth-order valence-corrected chi connectivity index (χ4v) is 6.16. The second kappa shape index (κ2) is 11.0. The Morgan fingerprint density at radius 1 is 0.881 bits per heavy atom. The highest BCUT2D eigenvalue weighted by Gasteiger charge is 2.33. The first-order valence-electron chi connectivity index (χ1n) is 14.3. The van der Waals surface area contributed by atoms with Crippen LogP contribution in [0.3, 0.4) is 0 Å². The summed E-state index contributed by atoms with van der Waals surface area (Å²) in [6, 6.07) is 22.1. The molecule has 2 aliphatic heterocycles. The van der Waals surface area contributed by atoms with Crippen LogP contribution in [-0.2, 0) is 13.1 Å². The Morgan fingerprint density at radius 2 is 1.69 bits per heavy atom. The number of aryl methyl sites for hydroxylation is 2. The van der Waals surface area contributed by atoms with Crippen LogP contribution in [0.2, 0.25) is 0 Å². The van der Waals surface area contributed by atoms with Gasteiger partial charge in [0.2, 0.25) is 6.79 Å². The third-order valence-electron chi connectivity index (χ3n) is 8.21. The van der Waals surface area contributed by atoms with E-state index in [0.29, 0.717) is 17.9 Å². The van der Waals surface area contributed by atoms with Crippen molar-refractivity contribution in [2.45, 2.75) is 33.0 Å². The minimum absolute atomic E-state index is 0.114. The average Bonchev–Trinajstić information content (AvgIpc) is 3.65. The van der Waals surface area contributed by atoms with E-state index in [0.717, 1.165) is 71.8 Å². The van der Waals surface area contributed by atoms with Crippen LogP contribution in [0.1, 0.15) is 39.7 Å². The maximum atomic E-state index is 13.7. The molecule has 214 valence electrons. The van der Waals surface area contributed by atoms with Crippen molar-refractivity contribution in [2.24, 2.45) is 0 Å². The Kier molecular flexibility index (Phi) is 6.93. The first-order valence-corrected chi connectivity index (χ1v) is 14.3. The largest absolute Gasteiger partial charge is 0.454 e. The number of tetrazole rings is 1. The summed E-state index contributed by atoms with van der Waals surface area (Å²) in [4.78, 5) is 21.7. The molecule has 5 aromatic rings. The van der Waals surface area contributed by atoms with Gasteiger partial charge in [-0.15, -0.1) is 5.10 Å². The highest BCUT2D eigenvalue weighted by Crippen LogP contribution is 2.33. The Bertz CT molecular complexity index is 1790. The van der Waals surface area contributed by atoms with Crippen LogP contribution in [0.15, 0.2) is 71.5 Å². The highest BCUT2D eigenvalue weighted by atomic mass is 16.7. The lowest BCUT2D eigenvalue weighted by molar-refractivity contribution is 0.0998. The number of pyridine rings is 1. The maximum absolute atomic E-state index is 13.7. The number of benzene rings is 3. The molecule has 0 spiro atoms. The first kappa shape index (κ1) is 26.4. The fourth-order valence-electron chi connectivity index (χ4n) is 6.16. The minimum atomic E-state index is -0.398. The Hall–Kier alpha value is -4.54. The zero-order chi connectivity index (χ0) is 28.6. The molecule has 1 atom stereocenters. The Balaban J connectivity index is 1.21. The van der Waals surface area contributed by atoms with Crippen LogP contribution in [0, 0.1) is 13.8 Å². The number of hydrogen-bond acceptors (Lipinski definition) is 8. The van der Waals surface area contributed by atoms with Crippen molar-refractivity contribution in [3.05, 3.63) is 111 Å². The van der Waals surface area contributed by atoms with Crippen molar-refractivity contribution < 1.29 is 9.47 Å². The van der Waals surface area contributed by atoms with E-state index in [4.69, 9.17) is 9.47 Å². The molecule has 3 aromatic carbocycles. The second-order valence-corrected chi connectivity index (χ2v) is 11.2. The van der Waals surface area contributed by atoms with Gasteiger partial charge >= 0.3 is 0 Å². The summed E-state index contributed by atoms with van der Waals surface area (Å²) in [6.45, 7) is 8.93. The maximum Gasteiger partial charge on any atom is 0.253 e. The number of fused-ring (bicyclic) bond motifs is 2. The van der Waals surface area contributed by atoms with E-state index in [1.807, 2.05) is 41.9 Å². The van der Waals surface area contributed by atoms with Gasteiger partial charge in [0.05, 0.1) is 12.1 Å². The van der Waals surface area contributed by atoms with E-state index >= 15 is 0 Å². The summed E-state index contributed by atoms with van der Waals surface area (Å²) in [7, 11) is 0.